The Kier molecular flexibility index (Phi) is 39.9. The zero-order chi connectivity index (χ0) is 32.8. The molecular formula is C40H76O4. The highest BCUT2D eigenvalue weighted by Crippen LogP contribution is 2.16. The van der Waals surface area contributed by atoms with Crippen molar-refractivity contribution in [3.63, 3.8) is 0 Å². The van der Waals surface area contributed by atoms with Gasteiger partial charge in [-0.3, -0.25) is 4.79 Å². The average Bonchev–Trinajstić information content (AvgIpc) is 3.01. The molecule has 0 aliphatic carbocycles. The van der Waals surface area contributed by atoms with E-state index in [4.69, 9.17) is 9.84 Å². The summed E-state index contributed by atoms with van der Waals surface area (Å²) in [6, 6.07) is 0. The number of carboxylic acid groups (broad SMARTS) is 1. The molecule has 0 amide bonds. The first-order valence-electron chi connectivity index (χ1n) is 19.2. The summed E-state index contributed by atoms with van der Waals surface area (Å²) in [7, 11) is 0. The first-order chi connectivity index (χ1) is 21.5. The molecule has 1 atom stereocenters. The summed E-state index contributed by atoms with van der Waals surface area (Å²) in [5.74, 6) is -0.963. The van der Waals surface area contributed by atoms with Gasteiger partial charge in [0.05, 0.1) is 12.5 Å². The first-order valence-corrected chi connectivity index (χ1v) is 19.2. The molecule has 4 nitrogen and oxygen atoms in total. The van der Waals surface area contributed by atoms with E-state index in [0.717, 1.165) is 25.7 Å². The fraction of sp³-hybridized carbons (Fsp3) is 0.850. The Morgan fingerprint density at radius 2 is 0.886 bits per heavy atom. The summed E-state index contributed by atoms with van der Waals surface area (Å²) in [6.07, 6.45) is 44.1. The van der Waals surface area contributed by atoms with Gasteiger partial charge in [0.25, 0.3) is 0 Å². The molecule has 1 unspecified atom stereocenters. The third-order valence-corrected chi connectivity index (χ3v) is 8.42. The fourth-order valence-electron chi connectivity index (χ4n) is 5.44. The van der Waals surface area contributed by atoms with E-state index in [1.165, 1.54) is 154 Å². The van der Waals surface area contributed by atoms with Crippen molar-refractivity contribution in [3.8, 4) is 0 Å². The maximum absolute atomic E-state index is 11.1. The van der Waals surface area contributed by atoms with Crippen molar-refractivity contribution < 1.29 is 19.4 Å². The molecule has 0 aromatic rings. The molecule has 0 bridgehead atoms. The largest absolute Gasteiger partial charge is 0.481 e. The minimum Gasteiger partial charge on any atom is -0.481 e. The number of carboxylic acids is 1. The van der Waals surface area contributed by atoms with Crippen molar-refractivity contribution in [1.29, 1.82) is 0 Å². The monoisotopic (exact) mass is 621 g/mol. The number of unbranched alkanes of at least 4 members (excludes halogenated alkanes) is 23. The van der Waals surface area contributed by atoms with Crippen LogP contribution in [0, 0.1) is 5.92 Å². The Bertz CT molecular complexity index is 639. The molecule has 0 saturated carbocycles. The van der Waals surface area contributed by atoms with E-state index in [0.29, 0.717) is 6.61 Å². The summed E-state index contributed by atoms with van der Waals surface area (Å²) in [5.41, 5.74) is 0. The fourth-order valence-corrected chi connectivity index (χ4v) is 5.44. The highest BCUT2D eigenvalue weighted by atomic mass is 16.5. The van der Waals surface area contributed by atoms with E-state index in [9.17, 15) is 9.59 Å². The van der Waals surface area contributed by atoms with Crippen molar-refractivity contribution in [3.05, 3.63) is 24.3 Å². The number of esters is 1. The predicted molar refractivity (Wildman–Crippen MR) is 192 cm³/mol. The van der Waals surface area contributed by atoms with Crippen LogP contribution in [0.5, 0.6) is 0 Å². The number of carbonyl (C=O) groups excluding carboxylic acids is 1. The molecule has 0 saturated heterocycles. The van der Waals surface area contributed by atoms with Gasteiger partial charge in [0.1, 0.15) is 0 Å². The standard InChI is InChI=1S/2C20H38O2/c1-3-5-6-7-8-9-10-11-12-13-14-15-16-17-18-19-20(21)22-4-2;1-3-5-6-7-8-9-10-11-12-13-14-15-16-17-18-19(4-2)20(21)22/h18-19H,3-17H2,1-2H3;11-12,19H,3-10,13-18H2,1-2H3,(H,21,22)/b;12-11-. The maximum Gasteiger partial charge on any atom is 0.330 e. The van der Waals surface area contributed by atoms with Crippen molar-refractivity contribution in [2.75, 3.05) is 6.61 Å². The van der Waals surface area contributed by atoms with Crippen LogP contribution in [0.3, 0.4) is 0 Å². The van der Waals surface area contributed by atoms with Crippen molar-refractivity contribution >= 4 is 11.9 Å². The lowest BCUT2D eigenvalue weighted by atomic mass is 9.98. The van der Waals surface area contributed by atoms with Gasteiger partial charge >= 0.3 is 11.9 Å². The van der Waals surface area contributed by atoms with E-state index >= 15 is 0 Å². The van der Waals surface area contributed by atoms with Crippen LogP contribution in [-0.2, 0) is 14.3 Å². The quantitative estimate of drug-likeness (QED) is 0.0352. The van der Waals surface area contributed by atoms with Crippen LogP contribution in [0.1, 0.15) is 207 Å². The van der Waals surface area contributed by atoms with Gasteiger partial charge in [-0.15, -0.1) is 0 Å². The maximum atomic E-state index is 11.1. The first kappa shape index (κ1) is 44.5. The Balaban J connectivity index is 0. The number of hydrogen-bond acceptors (Lipinski definition) is 3. The molecule has 0 aliphatic rings. The second kappa shape index (κ2) is 39.4. The summed E-state index contributed by atoms with van der Waals surface area (Å²) in [5, 5.41) is 8.97. The third kappa shape index (κ3) is 38.4. The summed E-state index contributed by atoms with van der Waals surface area (Å²) in [4.78, 5) is 22.0. The number of aliphatic carboxylic acids is 1. The Morgan fingerprint density at radius 3 is 1.25 bits per heavy atom. The normalized spacial score (nSPS) is 12.0. The molecular weight excluding hydrogens is 544 g/mol. The van der Waals surface area contributed by atoms with E-state index < -0.39 is 5.97 Å². The molecule has 4 heteroatoms. The van der Waals surface area contributed by atoms with Crippen LogP contribution in [0.25, 0.3) is 0 Å². The molecule has 260 valence electrons. The molecule has 44 heavy (non-hydrogen) atoms. The van der Waals surface area contributed by atoms with Gasteiger partial charge in [0.15, 0.2) is 0 Å². The SMILES string of the molecule is CCCCCCCC/C=C\CCCCCCC(CC)C(=O)O.CCCCCCCCCCCCCCCC=CC(=O)OCC. The number of allylic oxidation sites excluding steroid dienone is 3. The molecule has 0 aromatic carbocycles. The smallest absolute Gasteiger partial charge is 0.330 e. The molecule has 0 heterocycles. The lowest BCUT2D eigenvalue weighted by Gasteiger charge is -2.08. The molecule has 0 spiro atoms. The van der Waals surface area contributed by atoms with Gasteiger partial charge in [-0.1, -0.05) is 167 Å². The van der Waals surface area contributed by atoms with Crippen LogP contribution in [0.4, 0.5) is 0 Å². The van der Waals surface area contributed by atoms with Crippen LogP contribution in [0.2, 0.25) is 0 Å². The lowest BCUT2D eigenvalue weighted by Crippen LogP contribution is -2.12. The molecule has 0 aromatic heterocycles. The van der Waals surface area contributed by atoms with Gasteiger partial charge in [-0.05, 0) is 58.3 Å². The average molecular weight is 621 g/mol. The number of carbonyl (C=O) groups is 2. The Labute approximate surface area is 275 Å². The molecule has 1 N–H and O–H groups in total. The van der Waals surface area contributed by atoms with E-state index in [-0.39, 0.29) is 11.9 Å². The molecule has 0 rings (SSSR count). The van der Waals surface area contributed by atoms with Gasteiger partial charge in [0, 0.05) is 6.08 Å². The van der Waals surface area contributed by atoms with Crippen molar-refractivity contribution in [1.82, 2.24) is 0 Å². The molecule has 0 radical (unpaired) electrons. The molecule has 0 aliphatic heterocycles. The zero-order valence-electron chi connectivity index (χ0n) is 30.1. The van der Waals surface area contributed by atoms with Crippen LogP contribution >= 0.6 is 0 Å². The van der Waals surface area contributed by atoms with Gasteiger partial charge < -0.3 is 9.84 Å². The summed E-state index contributed by atoms with van der Waals surface area (Å²) in [6.45, 7) is 8.79. The Morgan fingerprint density at radius 1 is 0.523 bits per heavy atom. The van der Waals surface area contributed by atoms with E-state index in [1.54, 1.807) is 6.08 Å². The van der Waals surface area contributed by atoms with Gasteiger partial charge in [-0.25, -0.2) is 4.79 Å². The topological polar surface area (TPSA) is 63.6 Å². The highest BCUT2D eigenvalue weighted by molar-refractivity contribution is 5.81. The highest BCUT2D eigenvalue weighted by Gasteiger charge is 2.13. The second-order valence-electron chi connectivity index (χ2n) is 12.6. The van der Waals surface area contributed by atoms with Crippen LogP contribution in [-0.4, -0.2) is 23.7 Å². The van der Waals surface area contributed by atoms with Crippen molar-refractivity contribution in [2.45, 2.75) is 207 Å². The number of ether oxygens (including phenoxy) is 1. The lowest BCUT2D eigenvalue weighted by molar-refractivity contribution is -0.142. The van der Waals surface area contributed by atoms with E-state index in [1.807, 2.05) is 19.9 Å². The van der Waals surface area contributed by atoms with Gasteiger partial charge in [0.2, 0.25) is 0 Å². The zero-order valence-corrected chi connectivity index (χ0v) is 30.1. The summed E-state index contributed by atoms with van der Waals surface area (Å²) < 4.78 is 4.84. The Hall–Kier alpha value is -1.58. The predicted octanol–water partition coefficient (Wildman–Crippen LogP) is 13.3. The molecule has 0 fully saturated rings. The van der Waals surface area contributed by atoms with Crippen molar-refractivity contribution in [2.24, 2.45) is 5.92 Å². The summed E-state index contributed by atoms with van der Waals surface area (Å²) >= 11 is 0. The van der Waals surface area contributed by atoms with Crippen LogP contribution < -0.4 is 0 Å². The minimum absolute atomic E-state index is 0.128. The minimum atomic E-state index is -0.625. The second-order valence-corrected chi connectivity index (χ2v) is 12.6. The van der Waals surface area contributed by atoms with Gasteiger partial charge in [-0.2, -0.15) is 0 Å². The third-order valence-electron chi connectivity index (χ3n) is 8.42. The number of hydrogen-bond donors (Lipinski definition) is 1. The van der Waals surface area contributed by atoms with Crippen LogP contribution in [0.15, 0.2) is 24.3 Å². The van der Waals surface area contributed by atoms with E-state index in [2.05, 4.69) is 26.0 Å². The number of rotatable bonds is 32.